The molecule has 0 aliphatic heterocycles. The fraction of sp³-hybridized carbons (Fsp3) is 0.300. The molecule has 0 saturated heterocycles. The summed E-state index contributed by atoms with van der Waals surface area (Å²) in [5.41, 5.74) is 0.0907. The van der Waals surface area contributed by atoms with Crippen molar-refractivity contribution in [2.45, 2.75) is 4.90 Å². The SMILES string of the molecule is COC(=O)c1cccc(S(C)(=O)=O)c1OC. The molecule has 0 amide bonds. The Bertz CT molecular complexity index is 504. The maximum atomic E-state index is 11.4. The van der Waals surface area contributed by atoms with E-state index in [1.807, 2.05) is 0 Å². The number of methoxy groups -OCH3 is 2. The number of rotatable bonds is 3. The standard InChI is InChI=1S/C10H12O5S/c1-14-9-7(10(11)15-2)5-4-6-8(9)16(3,12)13/h4-6H,1-3H3. The molecule has 0 atom stereocenters. The van der Waals surface area contributed by atoms with Gasteiger partial charge in [0.15, 0.2) is 15.6 Å². The summed E-state index contributed by atoms with van der Waals surface area (Å²) in [4.78, 5) is 11.3. The van der Waals surface area contributed by atoms with E-state index >= 15 is 0 Å². The lowest BCUT2D eigenvalue weighted by Gasteiger charge is -2.10. The number of hydrogen-bond acceptors (Lipinski definition) is 5. The molecule has 0 heterocycles. The van der Waals surface area contributed by atoms with Crippen molar-refractivity contribution in [1.82, 2.24) is 0 Å². The van der Waals surface area contributed by atoms with Crippen LogP contribution in [0.4, 0.5) is 0 Å². The van der Waals surface area contributed by atoms with Gasteiger partial charge in [-0.1, -0.05) is 6.07 Å². The van der Waals surface area contributed by atoms with Crippen molar-refractivity contribution in [3.05, 3.63) is 23.8 Å². The minimum absolute atomic E-state index is 0.0110. The second-order valence-corrected chi connectivity index (χ2v) is 5.08. The van der Waals surface area contributed by atoms with E-state index in [0.29, 0.717) is 0 Å². The average Bonchev–Trinajstić information content (AvgIpc) is 2.25. The molecular weight excluding hydrogens is 232 g/mol. The Balaban J connectivity index is 3.50. The van der Waals surface area contributed by atoms with E-state index in [2.05, 4.69) is 4.74 Å². The third-order valence-electron chi connectivity index (χ3n) is 1.99. The molecule has 0 unspecified atom stereocenters. The molecule has 16 heavy (non-hydrogen) atoms. The second kappa shape index (κ2) is 4.52. The van der Waals surface area contributed by atoms with Gasteiger partial charge in [-0.3, -0.25) is 0 Å². The lowest BCUT2D eigenvalue weighted by atomic mass is 10.2. The largest absolute Gasteiger partial charge is 0.494 e. The van der Waals surface area contributed by atoms with Gasteiger partial charge >= 0.3 is 5.97 Å². The summed E-state index contributed by atoms with van der Waals surface area (Å²) in [7, 11) is -0.923. The van der Waals surface area contributed by atoms with Crippen molar-refractivity contribution in [1.29, 1.82) is 0 Å². The summed E-state index contributed by atoms with van der Waals surface area (Å²) < 4.78 is 32.4. The van der Waals surface area contributed by atoms with Gasteiger partial charge in [-0.25, -0.2) is 13.2 Å². The summed E-state index contributed by atoms with van der Waals surface area (Å²) in [6.45, 7) is 0. The normalized spacial score (nSPS) is 10.9. The molecule has 5 nitrogen and oxygen atoms in total. The number of carbonyl (C=O) groups is 1. The van der Waals surface area contributed by atoms with E-state index in [-0.39, 0.29) is 16.2 Å². The molecule has 0 saturated carbocycles. The Morgan fingerprint density at radius 2 is 1.88 bits per heavy atom. The molecule has 6 heteroatoms. The first-order valence-electron chi connectivity index (χ1n) is 4.37. The first kappa shape index (κ1) is 12.5. The van der Waals surface area contributed by atoms with E-state index in [0.717, 1.165) is 6.26 Å². The second-order valence-electron chi connectivity index (χ2n) is 3.10. The van der Waals surface area contributed by atoms with Gasteiger partial charge in [0, 0.05) is 6.26 Å². The molecule has 0 radical (unpaired) electrons. The van der Waals surface area contributed by atoms with Crippen LogP contribution in [-0.2, 0) is 14.6 Å². The number of carbonyl (C=O) groups excluding carboxylic acids is 1. The van der Waals surface area contributed by atoms with Crippen molar-refractivity contribution < 1.29 is 22.7 Å². The third kappa shape index (κ3) is 2.33. The highest BCUT2D eigenvalue weighted by Gasteiger charge is 2.21. The predicted octanol–water partition coefficient (Wildman–Crippen LogP) is 0.885. The summed E-state index contributed by atoms with van der Waals surface area (Å²) in [6, 6.07) is 4.28. The van der Waals surface area contributed by atoms with Crippen LogP contribution in [0.1, 0.15) is 10.4 Å². The summed E-state index contributed by atoms with van der Waals surface area (Å²) in [6.07, 6.45) is 1.05. The zero-order valence-electron chi connectivity index (χ0n) is 9.18. The zero-order chi connectivity index (χ0) is 12.3. The summed E-state index contributed by atoms with van der Waals surface area (Å²) in [5.74, 6) is -0.626. The molecule has 0 aliphatic rings. The van der Waals surface area contributed by atoms with Gasteiger partial charge in [0.05, 0.1) is 14.2 Å². The number of para-hydroxylation sites is 1. The third-order valence-corrected chi connectivity index (χ3v) is 3.11. The first-order chi connectivity index (χ1) is 7.41. The smallest absolute Gasteiger partial charge is 0.341 e. The summed E-state index contributed by atoms with van der Waals surface area (Å²) >= 11 is 0. The molecule has 0 bridgehead atoms. The zero-order valence-corrected chi connectivity index (χ0v) is 10.00. The quantitative estimate of drug-likeness (QED) is 0.738. The van der Waals surface area contributed by atoms with Crippen molar-refractivity contribution in [3.8, 4) is 5.75 Å². The van der Waals surface area contributed by atoms with Crippen molar-refractivity contribution in [3.63, 3.8) is 0 Å². The number of ether oxygens (including phenoxy) is 2. The van der Waals surface area contributed by atoms with E-state index in [4.69, 9.17) is 4.74 Å². The average molecular weight is 244 g/mol. The maximum Gasteiger partial charge on any atom is 0.341 e. The van der Waals surface area contributed by atoms with E-state index < -0.39 is 15.8 Å². The van der Waals surface area contributed by atoms with Gasteiger partial charge in [0.2, 0.25) is 0 Å². The maximum absolute atomic E-state index is 11.4. The van der Waals surface area contributed by atoms with Crippen LogP contribution in [0, 0.1) is 0 Å². The van der Waals surface area contributed by atoms with Crippen LogP contribution in [-0.4, -0.2) is 34.9 Å². The first-order valence-corrected chi connectivity index (χ1v) is 6.26. The van der Waals surface area contributed by atoms with Crippen LogP contribution in [0.5, 0.6) is 5.75 Å². The number of sulfone groups is 1. The van der Waals surface area contributed by atoms with Gasteiger partial charge in [-0.2, -0.15) is 0 Å². The molecular formula is C10H12O5S. The number of hydrogen-bond donors (Lipinski definition) is 0. The molecule has 1 aromatic carbocycles. The van der Waals surface area contributed by atoms with Gasteiger partial charge in [0.1, 0.15) is 10.5 Å². The Morgan fingerprint density at radius 1 is 1.25 bits per heavy atom. The molecule has 1 rings (SSSR count). The molecule has 0 fully saturated rings. The van der Waals surface area contributed by atoms with Crippen molar-refractivity contribution in [2.75, 3.05) is 20.5 Å². The highest BCUT2D eigenvalue weighted by molar-refractivity contribution is 7.90. The summed E-state index contributed by atoms with van der Waals surface area (Å²) in [5, 5.41) is 0. The van der Waals surface area contributed by atoms with Gasteiger partial charge in [0.25, 0.3) is 0 Å². The Kier molecular flexibility index (Phi) is 3.54. The van der Waals surface area contributed by atoms with Gasteiger partial charge in [-0.15, -0.1) is 0 Å². The Hall–Kier alpha value is -1.56. The highest BCUT2D eigenvalue weighted by atomic mass is 32.2. The molecule has 88 valence electrons. The minimum Gasteiger partial charge on any atom is -0.494 e. The van der Waals surface area contributed by atoms with Crippen LogP contribution in [0.2, 0.25) is 0 Å². The van der Waals surface area contributed by atoms with E-state index in [1.165, 1.54) is 32.4 Å². The van der Waals surface area contributed by atoms with Crippen molar-refractivity contribution in [2.24, 2.45) is 0 Å². The van der Waals surface area contributed by atoms with Crippen LogP contribution in [0.25, 0.3) is 0 Å². The molecule has 0 aromatic heterocycles. The monoisotopic (exact) mass is 244 g/mol. The fourth-order valence-electron chi connectivity index (χ4n) is 1.29. The highest BCUT2D eigenvalue weighted by Crippen LogP contribution is 2.28. The predicted molar refractivity (Wildman–Crippen MR) is 57.4 cm³/mol. The number of benzene rings is 1. The van der Waals surface area contributed by atoms with Gasteiger partial charge in [-0.05, 0) is 12.1 Å². The van der Waals surface area contributed by atoms with Crippen LogP contribution in [0.3, 0.4) is 0 Å². The Labute approximate surface area is 93.9 Å². The van der Waals surface area contributed by atoms with Crippen LogP contribution >= 0.6 is 0 Å². The van der Waals surface area contributed by atoms with Crippen LogP contribution in [0.15, 0.2) is 23.1 Å². The lowest BCUT2D eigenvalue weighted by Crippen LogP contribution is -2.08. The molecule has 0 N–H and O–H groups in total. The number of esters is 1. The molecule has 0 spiro atoms. The molecule has 0 aliphatic carbocycles. The van der Waals surface area contributed by atoms with E-state index in [9.17, 15) is 13.2 Å². The fourth-order valence-corrected chi connectivity index (χ4v) is 2.14. The van der Waals surface area contributed by atoms with E-state index in [1.54, 1.807) is 0 Å². The lowest BCUT2D eigenvalue weighted by molar-refractivity contribution is 0.0596. The van der Waals surface area contributed by atoms with Crippen molar-refractivity contribution >= 4 is 15.8 Å². The minimum atomic E-state index is -3.44. The van der Waals surface area contributed by atoms with Crippen LogP contribution < -0.4 is 4.74 Å². The van der Waals surface area contributed by atoms with Gasteiger partial charge < -0.3 is 9.47 Å². The Morgan fingerprint density at radius 3 is 2.31 bits per heavy atom. The topological polar surface area (TPSA) is 69.7 Å². The molecule has 1 aromatic rings.